The molecular weight excluding hydrogens is 644 g/mol. The molecule has 0 amide bonds. The first-order valence-corrected chi connectivity index (χ1v) is 26.9. The summed E-state index contributed by atoms with van der Waals surface area (Å²) in [7, 11) is 0.134. The Kier molecular flexibility index (Phi) is 44.5. The molecule has 0 aromatic carbocycles. The van der Waals surface area contributed by atoms with Crippen LogP contribution in [0.15, 0.2) is 0 Å². The lowest BCUT2D eigenvalue weighted by Crippen LogP contribution is -2.18. The molecule has 0 aliphatic carbocycles. The van der Waals surface area contributed by atoms with Gasteiger partial charge in [-0.1, -0.05) is 300 Å². The van der Waals surface area contributed by atoms with Gasteiger partial charge in [-0.25, -0.2) is 0 Å². The van der Waals surface area contributed by atoms with Gasteiger partial charge in [0.1, 0.15) is 0 Å². The molecule has 0 aromatic rings. The third kappa shape index (κ3) is 37.4. The van der Waals surface area contributed by atoms with E-state index in [1.807, 2.05) is 0 Å². The summed E-state index contributed by atoms with van der Waals surface area (Å²) in [6.07, 6.45) is 62.0. The Morgan fingerprint density at radius 1 is 0.212 bits per heavy atom. The second-order valence-electron chi connectivity index (χ2n) is 18.1. The second-order valence-corrected chi connectivity index (χ2v) is 21.6. The van der Waals surface area contributed by atoms with Crippen molar-refractivity contribution in [3.63, 3.8) is 0 Å². The van der Waals surface area contributed by atoms with Gasteiger partial charge in [0.05, 0.1) is 0 Å². The maximum absolute atomic E-state index is 2.69. The van der Waals surface area contributed by atoms with E-state index < -0.39 is 0 Å². The van der Waals surface area contributed by atoms with Gasteiger partial charge >= 0.3 is 0 Å². The van der Waals surface area contributed by atoms with Crippen molar-refractivity contribution in [3.8, 4) is 0 Å². The molecule has 0 fully saturated rings. The molecule has 0 N–H and O–H groups in total. The molecule has 0 saturated carbocycles. The van der Waals surface area contributed by atoms with Crippen molar-refractivity contribution in [2.75, 3.05) is 0 Å². The van der Waals surface area contributed by atoms with Gasteiger partial charge < -0.3 is 0 Å². The van der Waals surface area contributed by atoms with E-state index in [4.69, 9.17) is 0 Å². The van der Waals surface area contributed by atoms with Crippen LogP contribution in [0.3, 0.4) is 0 Å². The smallest absolute Gasteiger partial charge is 0.0233 e. The van der Waals surface area contributed by atoms with Crippen LogP contribution >= 0.6 is 7.92 Å². The van der Waals surface area contributed by atoms with Crippen LogP contribution in [0.1, 0.15) is 311 Å². The third-order valence-corrected chi connectivity index (χ3v) is 16.5. The van der Waals surface area contributed by atoms with E-state index in [-0.39, 0.29) is 7.92 Å². The van der Waals surface area contributed by atoms with Gasteiger partial charge in [0, 0.05) is 0 Å². The van der Waals surface area contributed by atoms with Crippen LogP contribution in [0.2, 0.25) is 0 Å². The number of rotatable bonds is 45. The topological polar surface area (TPSA) is 0 Å². The molecule has 0 bridgehead atoms. The summed E-state index contributed by atoms with van der Waals surface area (Å²) in [5, 5.41) is 0. The predicted octanol–water partition coefficient (Wildman–Crippen LogP) is 20.1. The fourth-order valence-corrected chi connectivity index (χ4v) is 13.2. The summed E-state index contributed by atoms with van der Waals surface area (Å²) in [5.41, 5.74) is 2.91. The predicted molar refractivity (Wildman–Crippen MR) is 246 cm³/mol. The van der Waals surface area contributed by atoms with Crippen LogP contribution in [0, 0.1) is 0 Å². The molecule has 0 radical (unpaired) electrons. The first kappa shape index (κ1) is 52.4. The molecule has 0 aliphatic heterocycles. The number of unbranched alkanes of at least 4 members (excludes halogenated alkanes) is 36. The summed E-state index contributed by atoms with van der Waals surface area (Å²) in [6.45, 7) is 15.0. The molecule has 0 heterocycles. The van der Waals surface area contributed by atoms with E-state index >= 15 is 0 Å². The summed E-state index contributed by atoms with van der Waals surface area (Å²) >= 11 is 0. The SMILES string of the molecule is CCCCCCCCCCCCCCCC(C)P(C(C)CCCCCCCCCCCCCCC)C(C)CCCCCCCCCCCCCCC. The van der Waals surface area contributed by atoms with Crippen molar-refractivity contribution in [1.82, 2.24) is 0 Å². The van der Waals surface area contributed by atoms with Crippen LogP contribution in [-0.4, -0.2) is 17.0 Å². The lowest BCUT2D eigenvalue weighted by molar-refractivity contribution is 0.529. The summed E-state index contributed by atoms with van der Waals surface area (Å²) in [6, 6.07) is 0. The summed E-state index contributed by atoms with van der Waals surface area (Å²) in [5.74, 6) is 0. The van der Waals surface area contributed by atoms with Gasteiger partial charge in [-0.05, 0) is 36.2 Å². The average molecular weight is 749 g/mol. The van der Waals surface area contributed by atoms with Gasteiger partial charge in [0.2, 0.25) is 0 Å². The van der Waals surface area contributed by atoms with Crippen molar-refractivity contribution < 1.29 is 0 Å². The summed E-state index contributed by atoms with van der Waals surface area (Å²) in [4.78, 5) is 0. The van der Waals surface area contributed by atoms with E-state index in [1.54, 1.807) is 0 Å². The highest BCUT2D eigenvalue weighted by Crippen LogP contribution is 2.55. The Bertz CT molecular complexity index is 543. The van der Waals surface area contributed by atoms with E-state index in [1.165, 1.54) is 270 Å². The Morgan fingerprint density at radius 3 is 0.500 bits per heavy atom. The monoisotopic (exact) mass is 749 g/mol. The standard InChI is InChI=1S/C51H105P/c1-7-10-13-16-19-22-25-28-31-34-37-40-43-46-49(4)52(50(5)47-44-41-38-35-32-29-26-23-20-17-14-11-8-2)51(6)48-45-42-39-36-33-30-27-24-21-18-15-12-9-3/h49-51H,7-48H2,1-6H3. The number of hydrogen-bond donors (Lipinski definition) is 0. The first-order valence-electron chi connectivity index (χ1n) is 25.4. The molecule has 0 aliphatic rings. The lowest BCUT2D eigenvalue weighted by atomic mass is 10.0. The van der Waals surface area contributed by atoms with E-state index in [9.17, 15) is 0 Å². The highest BCUT2D eigenvalue weighted by atomic mass is 31.1. The lowest BCUT2D eigenvalue weighted by Gasteiger charge is -2.36. The molecule has 0 saturated heterocycles. The molecule has 0 aromatic heterocycles. The maximum Gasteiger partial charge on any atom is -0.0233 e. The van der Waals surface area contributed by atoms with Gasteiger partial charge in [-0.15, -0.1) is 0 Å². The highest BCUT2D eigenvalue weighted by molar-refractivity contribution is 7.59. The van der Waals surface area contributed by atoms with Gasteiger partial charge in [-0.3, -0.25) is 0 Å². The van der Waals surface area contributed by atoms with Crippen LogP contribution in [0.5, 0.6) is 0 Å². The average Bonchev–Trinajstić information content (AvgIpc) is 3.14. The van der Waals surface area contributed by atoms with Crippen molar-refractivity contribution >= 4 is 7.92 Å². The molecule has 0 spiro atoms. The van der Waals surface area contributed by atoms with Crippen LogP contribution < -0.4 is 0 Å². The van der Waals surface area contributed by atoms with Crippen molar-refractivity contribution in [2.45, 2.75) is 328 Å². The quantitative estimate of drug-likeness (QED) is 0.0430. The molecule has 3 unspecified atom stereocenters. The molecule has 1 heteroatoms. The second kappa shape index (κ2) is 44.1. The number of hydrogen-bond acceptors (Lipinski definition) is 0. The van der Waals surface area contributed by atoms with Crippen LogP contribution in [0.25, 0.3) is 0 Å². The molecule has 314 valence electrons. The fraction of sp³-hybridized carbons (Fsp3) is 1.00. The van der Waals surface area contributed by atoms with Crippen molar-refractivity contribution in [3.05, 3.63) is 0 Å². The normalized spacial score (nSPS) is 14.2. The first-order chi connectivity index (χ1) is 25.6. The Labute approximate surface area is 334 Å². The minimum absolute atomic E-state index is 0.134. The van der Waals surface area contributed by atoms with Crippen molar-refractivity contribution in [1.29, 1.82) is 0 Å². The zero-order valence-corrected chi connectivity index (χ0v) is 38.8. The third-order valence-electron chi connectivity index (χ3n) is 12.7. The maximum atomic E-state index is 2.69. The van der Waals surface area contributed by atoms with Gasteiger partial charge in [0.25, 0.3) is 0 Å². The Morgan fingerprint density at radius 2 is 0.346 bits per heavy atom. The highest BCUT2D eigenvalue weighted by Gasteiger charge is 2.27. The molecular formula is C51H105P. The minimum atomic E-state index is 0.134. The minimum Gasteiger partial charge on any atom is -0.0980 e. The molecule has 3 atom stereocenters. The fourth-order valence-electron chi connectivity index (χ4n) is 9.12. The molecule has 52 heavy (non-hydrogen) atoms. The zero-order chi connectivity index (χ0) is 38.0. The van der Waals surface area contributed by atoms with Crippen LogP contribution in [0.4, 0.5) is 0 Å². The largest absolute Gasteiger partial charge is 0.0980 e. The Hall–Kier alpha value is 0.430. The molecule has 0 rings (SSSR count). The summed E-state index contributed by atoms with van der Waals surface area (Å²) < 4.78 is 0. The van der Waals surface area contributed by atoms with Crippen molar-refractivity contribution in [2.24, 2.45) is 0 Å². The zero-order valence-electron chi connectivity index (χ0n) is 37.9. The van der Waals surface area contributed by atoms with Gasteiger partial charge in [0.15, 0.2) is 0 Å². The van der Waals surface area contributed by atoms with E-state index in [0.29, 0.717) is 0 Å². The van der Waals surface area contributed by atoms with Gasteiger partial charge in [-0.2, -0.15) is 0 Å². The Balaban J connectivity index is 4.35. The van der Waals surface area contributed by atoms with E-state index in [2.05, 4.69) is 41.5 Å². The van der Waals surface area contributed by atoms with E-state index in [0.717, 1.165) is 17.0 Å². The van der Waals surface area contributed by atoms with Crippen LogP contribution in [-0.2, 0) is 0 Å². The molecule has 0 nitrogen and oxygen atoms in total.